The molecular weight excluding hydrogens is 218 g/mol. The van der Waals surface area contributed by atoms with Crippen LogP contribution in [0.2, 0.25) is 0 Å². The smallest absolute Gasteiger partial charge is 0.0682 e. The molecule has 3 nitrogen and oxygen atoms in total. The maximum absolute atomic E-state index is 5.60. The predicted octanol–water partition coefficient (Wildman–Crippen LogP) is 2.20. The molecule has 0 aromatic carbocycles. The minimum absolute atomic E-state index is 0.0832. The summed E-state index contributed by atoms with van der Waals surface area (Å²) < 4.78 is 0. The Hall–Kier alpha value is -1.23. The third kappa shape index (κ3) is 2.47. The Morgan fingerprint density at radius 3 is 2.94 bits per heavy atom. The SMILES string of the molecule is Cc1cccnc1C(Cc1cccs1)NN. The van der Waals surface area contributed by atoms with Gasteiger partial charge in [0.05, 0.1) is 11.7 Å². The molecule has 2 aromatic rings. The van der Waals surface area contributed by atoms with Crippen LogP contribution in [0.15, 0.2) is 35.8 Å². The molecule has 0 saturated carbocycles. The minimum atomic E-state index is 0.0832. The normalized spacial score (nSPS) is 12.6. The largest absolute Gasteiger partial charge is 0.271 e. The van der Waals surface area contributed by atoms with E-state index in [2.05, 4.69) is 40.9 Å². The van der Waals surface area contributed by atoms with Gasteiger partial charge in [-0.2, -0.15) is 0 Å². The van der Waals surface area contributed by atoms with E-state index in [0.717, 1.165) is 12.1 Å². The van der Waals surface area contributed by atoms with Gasteiger partial charge in [0, 0.05) is 17.5 Å². The molecule has 1 atom stereocenters. The van der Waals surface area contributed by atoms with Crippen LogP contribution >= 0.6 is 11.3 Å². The lowest BCUT2D eigenvalue weighted by molar-refractivity contribution is 0.539. The van der Waals surface area contributed by atoms with Gasteiger partial charge >= 0.3 is 0 Å². The lowest BCUT2D eigenvalue weighted by Crippen LogP contribution is -2.30. The quantitative estimate of drug-likeness (QED) is 0.629. The van der Waals surface area contributed by atoms with Crippen molar-refractivity contribution >= 4 is 11.3 Å². The highest BCUT2D eigenvalue weighted by atomic mass is 32.1. The highest BCUT2D eigenvalue weighted by Gasteiger charge is 2.14. The number of thiophene rings is 1. The second kappa shape index (κ2) is 5.21. The fourth-order valence-electron chi connectivity index (χ4n) is 1.73. The molecular formula is C12H15N3S. The standard InChI is InChI=1S/C12H15N3S/c1-9-4-2-6-14-12(9)11(15-13)8-10-5-3-7-16-10/h2-7,11,15H,8,13H2,1H3. The molecule has 0 aliphatic rings. The molecule has 0 aliphatic carbocycles. The highest BCUT2D eigenvalue weighted by Crippen LogP contribution is 2.21. The summed E-state index contributed by atoms with van der Waals surface area (Å²) in [5.41, 5.74) is 5.04. The molecule has 0 fully saturated rings. The Bertz CT molecular complexity index is 439. The van der Waals surface area contributed by atoms with Gasteiger partial charge < -0.3 is 0 Å². The molecule has 0 spiro atoms. The van der Waals surface area contributed by atoms with Gasteiger partial charge in [0.1, 0.15) is 0 Å². The zero-order valence-corrected chi connectivity index (χ0v) is 10.00. The van der Waals surface area contributed by atoms with Crippen LogP contribution in [0.25, 0.3) is 0 Å². The second-order valence-corrected chi connectivity index (χ2v) is 4.74. The average molecular weight is 233 g/mol. The van der Waals surface area contributed by atoms with Crippen molar-refractivity contribution < 1.29 is 0 Å². The molecule has 0 amide bonds. The van der Waals surface area contributed by atoms with Gasteiger partial charge in [0.25, 0.3) is 0 Å². The summed E-state index contributed by atoms with van der Waals surface area (Å²) in [6, 6.07) is 8.25. The van der Waals surface area contributed by atoms with Crippen molar-refractivity contribution in [3.63, 3.8) is 0 Å². The average Bonchev–Trinajstić information content (AvgIpc) is 2.80. The van der Waals surface area contributed by atoms with E-state index in [1.165, 1.54) is 10.4 Å². The fourth-order valence-corrected chi connectivity index (χ4v) is 2.48. The van der Waals surface area contributed by atoms with Crippen molar-refractivity contribution in [2.75, 3.05) is 0 Å². The summed E-state index contributed by atoms with van der Waals surface area (Å²) in [5, 5.41) is 2.08. The van der Waals surface area contributed by atoms with E-state index in [4.69, 9.17) is 5.84 Å². The lowest BCUT2D eigenvalue weighted by Gasteiger charge is -2.16. The van der Waals surface area contributed by atoms with Gasteiger partial charge in [-0.05, 0) is 30.0 Å². The van der Waals surface area contributed by atoms with Crippen LogP contribution in [0, 0.1) is 6.92 Å². The van der Waals surface area contributed by atoms with E-state index in [1.54, 1.807) is 17.5 Å². The van der Waals surface area contributed by atoms with E-state index in [9.17, 15) is 0 Å². The Balaban J connectivity index is 2.20. The Morgan fingerprint density at radius 1 is 1.44 bits per heavy atom. The number of aromatic nitrogens is 1. The maximum atomic E-state index is 5.60. The van der Waals surface area contributed by atoms with Crippen LogP contribution in [-0.2, 0) is 6.42 Å². The number of rotatable bonds is 4. The Kier molecular flexibility index (Phi) is 3.66. The van der Waals surface area contributed by atoms with Gasteiger partial charge in [-0.1, -0.05) is 12.1 Å². The molecule has 0 aliphatic heterocycles. The maximum Gasteiger partial charge on any atom is 0.0682 e. The van der Waals surface area contributed by atoms with Gasteiger partial charge in [-0.3, -0.25) is 16.3 Å². The van der Waals surface area contributed by atoms with Crippen molar-refractivity contribution in [2.24, 2.45) is 5.84 Å². The molecule has 2 rings (SSSR count). The number of hydrogen-bond acceptors (Lipinski definition) is 4. The number of pyridine rings is 1. The number of nitrogens with two attached hydrogens (primary N) is 1. The van der Waals surface area contributed by atoms with Crippen molar-refractivity contribution in [3.8, 4) is 0 Å². The Labute approximate surface area is 99.3 Å². The van der Waals surface area contributed by atoms with Crippen LogP contribution in [-0.4, -0.2) is 4.98 Å². The summed E-state index contributed by atoms with van der Waals surface area (Å²) in [5.74, 6) is 5.60. The van der Waals surface area contributed by atoms with Crippen LogP contribution in [0.4, 0.5) is 0 Å². The Morgan fingerprint density at radius 2 is 2.31 bits per heavy atom. The third-order valence-electron chi connectivity index (χ3n) is 2.57. The van der Waals surface area contributed by atoms with E-state index >= 15 is 0 Å². The fraction of sp³-hybridized carbons (Fsp3) is 0.250. The van der Waals surface area contributed by atoms with E-state index in [-0.39, 0.29) is 6.04 Å². The molecule has 0 bridgehead atoms. The first-order chi connectivity index (χ1) is 7.81. The lowest BCUT2D eigenvalue weighted by atomic mass is 10.1. The number of nitrogens with zero attached hydrogens (tertiary/aromatic N) is 1. The van der Waals surface area contributed by atoms with Crippen LogP contribution in [0.5, 0.6) is 0 Å². The highest BCUT2D eigenvalue weighted by molar-refractivity contribution is 7.09. The summed E-state index contributed by atoms with van der Waals surface area (Å²) in [6.45, 7) is 2.06. The van der Waals surface area contributed by atoms with Crippen molar-refractivity contribution in [1.82, 2.24) is 10.4 Å². The van der Waals surface area contributed by atoms with Crippen LogP contribution in [0.1, 0.15) is 22.2 Å². The van der Waals surface area contributed by atoms with Crippen LogP contribution in [0.3, 0.4) is 0 Å². The van der Waals surface area contributed by atoms with Crippen molar-refractivity contribution in [2.45, 2.75) is 19.4 Å². The molecule has 1 unspecified atom stereocenters. The van der Waals surface area contributed by atoms with Gasteiger partial charge in [-0.15, -0.1) is 11.3 Å². The molecule has 2 aromatic heterocycles. The molecule has 16 heavy (non-hydrogen) atoms. The van der Waals surface area contributed by atoms with Crippen molar-refractivity contribution in [3.05, 3.63) is 52.0 Å². The zero-order chi connectivity index (χ0) is 11.4. The van der Waals surface area contributed by atoms with E-state index in [1.807, 2.05) is 6.07 Å². The number of hydrazine groups is 1. The first-order valence-corrected chi connectivity index (χ1v) is 6.09. The molecule has 4 heteroatoms. The van der Waals surface area contributed by atoms with E-state index in [0.29, 0.717) is 0 Å². The minimum Gasteiger partial charge on any atom is -0.271 e. The molecule has 0 radical (unpaired) electrons. The zero-order valence-electron chi connectivity index (χ0n) is 9.18. The van der Waals surface area contributed by atoms with Gasteiger partial charge in [0.2, 0.25) is 0 Å². The molecule has 2 heterocycles. The number of nitrogens with one attached hydrogen (secondary N) is 1. The summed E-state index contributed by atoms with van der Waals surface area (Å²) in [7, 11) is 0. The van der Waals surface area contributed by atoms with Crippen molar-refractivity contribution in [1.29, 1.82) is 0 Å². The summed E-state index contributed by atoms with van der Waals surface area (Å²) in [6.07, 6.45) is 2.69. The first-order valence-electron chi connectivity index (χ1n) is 5.21. The van der Waals surface area contributed by atoms with Crippen LogP contribution < -0.4 is 11.3 Å². The monoisotopic (exact) mass is 233 g/mol. The van der Waals surface area contributed by atoms with E-state index < -0.39 is 0 Å². The number of aryl methyl sites for hydroxylation is 1. The molecule has 3 N–H and O–H groups in total. The third-order valence-corrected chi connectivity index (χ3v) is 3.47. The topological polar surface area (TPSA) is 50.9 Å². The van der Waals surface area contributed by atoms with Gasteiger partial charge in [0.15, 0.2) is 0 Å². The summed E-state index contributed by atoms with van der Waals surface area (Å²) in [4.78, 5) is 5.71. The molecule has 84 valence electrons. The first kappa shape index (κ1) is 11.3. The van der Waals surface area contributed by atoms with Gasteiger partial charge in [-0.25, -0.2) is 0 Å². The summed E-state index contributed by atoms with van der Waals surface area (Å²) >= 11 is 1.74. The molecule has 0 saturated heterocycles. The second-order valence-electron chi connectivity index (χ2n) is 3.71. The predicted molar refractivity (Wildman–Crippen MR) is 67.1 cm³/mol. The number of hydrogen-bond donors (Lipinski definition) is 2.